The minimum absolute atomic E-state index is 0.630. The van der Waals surface area contributed by atoms with E-state index in [9.17, 15) is 0 Å². The Morgan fingerprint density at radius 3 is 2.90 bits per heavy atom. The summed E-state index contributed by atoms with van der Waals surface area (Å²) in [6.45, 7) is 0. The van der Waals surface area contributed by atoms with E-state index in [4.69, 9.17) is 5.21 Å². The Balaban J connectivity index is 2.89. The van der Waals surface area contributed by atoms with Gasteiger partial charge in [0.2, 0.25) is 0 Å². The van der Waals surface area contributed by atoms with E-state index >= 15 is 0 Å². The molecule has 0 fully saturated rings. The van der Waals surface area contributed by atoms with Crippen LogP contribution in [0, 0.1) is 0 Å². The third-order valence-electron chi connectivity index (χ3n) is 0.940. The average Bonchev–Trinajstić information content (AvgIpc) is 1.95. The molecule has 0 radical (unpaired) electrons. The number of aromatic nitrogens is 1. The first-order valence-electron chi connectivity index (χ1n) is 2.62. The second kappa shape index (κ2) is 3.31. The van der Waals surface area contributed by atoms with Crippen LogP contribution in [0.5, 0.6) is 0 Å². The summed E-state index contributed by atoms with van der Waals surface area (Å²) in [5.41, 5.74) is 0.630. The van der Waals surface area contributed by atoms with Crippen molar-refractivity contribution in [1.82, 2.24) is 4.98 Å². The van der Waals surface area contributed by atoms with Crippen LogP contribution in [0.2, 0.25) is 0 Å². The Kier molecular flexibility index (Phi) is 2.39. The maximum absolute atomic E-state index is 8.11. The van der Waals surface area contributed by atoms with Crippen molar-refractivity contribution in [3.8, 4) is 0 Å². The zero-order chi connectivity index (χ0) is 7.40. The molecule has 0 spiro atoms. The van der Waals surface area contributed by atoms with E-state index in [1.165, 1.54) is 6.21 Å². The lowest BCUT2D eigenvalue weighted by Crippen LogP contribution is -1.84. The molecular weight excluding hydrogens is 196 g/mol. The predicted molar refractivity (Wildman–Crippen MR) is 41.3 cm³/mol. The summed E-state index contributed by atoms with van der Waals surface area (Å²) in [7, 11) is 0. The molecule has 1 heterocycles. The maximum Gasteiger partial charge on any atom is 0.0918 e. The molecule has 0 saturated heterocycles. The van der Waals surface area contributed by atoms with E-state index in [1.807, 2.05) is 6.07 Å². The van der Waals surface area contributed by atoms with E-state index in [2.05, 4.69) is 26.1 Å². The standard InChI is InChI=1S/C6H5BrN2O/c7-5-1-2-6(4-9-10)8-3-5/h1-4,10H/b9-4+. The van der Waals surface area contributed by atoms with E-state index in [-0.39, 0.29) is 0 Å². The molecule has 0 unspecified atom stereocenters. The molecule has 0 saturated carbocycles. The van der Waals surface area contributed by atoms with Crippen LogP contribution in [0.4, 0.5) is 0 Å². The number of halogens is 1. The summed E-state index contributed by atoms with van der Waals surface area (Å²) in [5, 5.41) is 10.9. The van der Waals surface area contributed by atoms with Crippen LogP contribution < -0.4 is 0 Å². The Morgan fingerprint density at radius 2 is 2.40 bits per heavy atom. The molecule has 10 heavy (non-hydrogen) atoms. The smallest absolute Gasteiger partial charge is 0.0918 e. The van der Waals surface area contributed by atoms with Crippen LogP contribution in [0.15, 0.2) is 28.0 Å². The van der Waals surface area contributed by atoms with Crippen molar-refractivity contribution < 1.29 is 5.21 Å². The predicted octanol–water partition coefficient (Wildman–Crippen LogP) is 1.65. The minimum Gasteiger partial charge on any atom is -0.411 e. The summed E-state index contributed by atoms with van der Waals surface area (Å²) in [5.74, 6) is 0. The normalized spacial score (nSPS) is 10.5. The zero-order valence-corrected chi connectivity index (χ0v) is 6.62. The zero-order valence-electron chi connectivity index (χ0n) is 5.03. The topological polar surface area (TPSA) is 45.5 Å². The van der Waals surface area contributed by atoms with Crippen LogP contribution in [0.1, 0.15) is 5.69 Å². The lowest BCUT2D eigenvalue weighted by molar-refractivity contribution is 0.321. The second-order valence-corrected chi connectivity index (χ2v) is 2.56. The summed E-state index contributed by atoms with van der Waals surface area (Å²) >= 11 is 3.23. The molecule has 52 valence electrons. The summed E-state index contributed by atoms with van der Waals surface area (Å²) in [6, 6.07) is 3.56. The number of nitrogens with zero attached hydrogens (tertiary/aromatic N) is 2. The maximum atomic E-state index is 8.11. The summed E-state index contributed by atoms with van der Waals surface area (Å²) in [4.78, 5) is 3.91. The van der Waals surface area contributed by atoms with Gasteiger partial charge in [0.15, 0.2) is 0 Å². The number of hydrogen-bond acceptors (Lipinski definition) is 3. The molecular formula is C6H5BrN2O. The van der Waals surface area contributed by atoms with Crippen molar-refractivity contribution in [2.45, 2.75) is 0 Å². The van der Waals surface area contributed by atoms with Crippen LogP contribution in [-0.4, -0.2) is 16.4 Å². The molecule has 4 heteroatoms. The molecule has 3 nitrogen and oxygen atoms in total. The van der Waals surface area contributed by atoms with Gasteiger partial charge in [-0.1, -0.05) is 5.16 Å². The Morgan fingerprint density at radius 1 is 1.60 bits per heavy atom. The molecule has 1 rings (SSSR count). The minimum atomic E-state index is 0.630. The number of rotatable bonds is 1. The molecule has 1 N–H and O–H groups in total. The van der Waals surface area contributed by atoms with Gasteiger partial charge in [-0.3, -0.25) is 4.98 Å². The van der Waals surface area contributed by atoms with Gasteiger partial charge in [-0.05, 0) is 28.1 Å². The second-order valence-electron chi connectivity index (χ2n) is 1.65. The molecule has 0 aliphatic rings. The van der Waals surface area contributed by atoms with E-state index in [1.54, 1.807) is 12.3 Å². The van der Waals surface area contributed by atoms with Gasteiger partial charge in [0, 0.05) is 10.7 Å². The molecule has 0 aromatic carbocycles. The van der Waals surface area contributed by atoms with Gasteiger partial charge in [0.1, 0.15) is 0 Å². The number of pyridine rings is 1. The van der Waals surface area contributed by atoms with Crippen molar-refractivity contribution in [1.29, 1.82) is 0 Å². The Bertz CT molecular complexity index is 232. The molecule has 1 aromatic rings. The molecule has 0 atom stereocenters. The third kappa shape index (κ3) is 1.80. The Hall–Kier alpha value is -0.900. The summed E-state index contributed by atoms with van der Waals surface area (Å²) < 4.78 is 0.905. The highest BCUT2D eigenvalue weighted by Crippen LogP contribution is 2.05. The van der Waals surface area contributed by atoms with Gasteiger partial charge >= 0.3 is 0 Å². The largest absolute Gasteiger partial charge is 0.411 e. The fourth-order valence-corrected chi connectivity index (χ4v) is 0.757. The quantitative estimate of drug-likeness (QED) is 0.426. The lowest BCUT2D eigenvalue weighted by atomic mass is 10.4. The first-order chi connectivity index (χ1) is 4.83. The molecule has 0 aliphatic heterocycles. The first-order valence-corrected chi connectivity index (χ1v) is 3.41. The van der Waals surface area contributed by atoms with Crippen molar-refractivity contribution in [3.05, 3.63) is 28.5 Å². The average molecular weight is 201 g/mol. The van der Waals surface area contributed by atoms with Crippen LogP contribution in [0.3, 0.4) is 0 Å². The molecule has 1 aromatic heterocycles. The number of oxime groups is 1. The lowest BCUT2D eigenvalue weighted by Gasteiger charge is -1.89. The van der Waals surface area contributed by atoms with Crippen LogP contribution >= 0.6 is 15.9 Å². The fourth-order valence-electron chi connectivity index (χ4n) is 0.523. The van der Waals surface area contributed by atoms with Crippen molar-refractivity contribution in [2.75, 3.05) is 0 Å². The van der Waals surface area contributed by atoms with Crippen molar-refractivity contribution in [2.24, 2.45) is 5.16 Å². The van der Waals surface area contributed by atoms with E-state index < -0.39 is 0 Å². The van der Waals surface area contributed by atoms with Gasteiger partial charge in [0.25, 0.3) is 0 Å². The van der Waals surface area contributed by atoms with E-state index in [0.717, 1.165) is 4.47 Å². The highest BCUT2D eigenvalue weighted by atomic mass is 79.9. The van der Waals surface area contributed by atoms with Crippen molar-refractivity contribution in [3.63, 3.8) is 0 Å². The first kappa shape index (κ1) is 7.21. The third-order valence-corrected chi connectivity index (χ3v) is 1.41. The monoisotopic (exact) mass is 200 g/mol. The van der Waals surface area contributed by atoms with Crippen LogP contribution in [-0.2, 0) is 0 Å². The highest BCUT2D eigenvalue weighted by Gasteiger charge is 1.87. The van der Waals surface area contributed by atoms with Gasteiger partial charge in [0.05, 0.1) is 11.9 Å². The van der Waals surface area contributed by atoms with E-state index in [0.29, 0.717) is 5.69 Å². The van der Waals surface area contributed by atoms with Crippen LogP contribution in [0.25, 0.3) is 0 Å². The molecule has 0 aliphatic carbocycles. The summed E-state index contributed by atoms with van der Waals surface area (Å²) in [6.07, 6.45) is 2.91. The Labute approximate surface area is 66.5 Å². The van der Waals surface area contributed by atoms with Gasteiger partial charge in [-0.2, -0.15) is 0 Å². The fraction of sp³-hybridized carbons (Fsp3) is 0. The van der Waals surface area contributed by atoms with Gasteiger partial charge in [-0.15, -0.1) is 0 Å². The molecule has 0 amide bonds. The van der Waals surface area contributed by atoms with Gasteiger partial charge < -0.3 is 5.21 Å². The SMILES string of the molecule is O/N=C/c1ccc(Br)cn1. The molecule has 0 bridgehead atoms. The highest BCUT2D eigenvalue weighted by molar-refractivity contribution is 9.10. The van der Waals surface area contributed by atoms with Crippen molar-refractivity contribution >= 4 is 22.1 Å². The number of hydrogen-bond donors (Lipinski definition) is 1. The van der Waals surface area contributed by atoms with Gasteiger partial charge in [-0.25, -0.2) is 0 Å².